The summed E-state index contributed by atoms with van der Waals surface area (Å²) in [5, 5.41) is 12.7. The first kappa shape index (κ1) is 19.9. The number of benzene rings is 2. The van der Waals surface area contributed by atoms with Crippen LogP contribution >= 0.6 is 0 Å². The van der Waals surface area contributed by atoms with Crippen LogP contribution in [-0.2, 0) is 20.9 Å². The molecule has 1 heterocycles. The van der Waals surface area contributed by atoms with Crippen LogP contribution < -0.4 is 14.2 Å². The van der Waals surface area contributed by atoms with E-state index in [1.54, 1.807) is 36.4 Å². The third-order valence-corrected chi connectivity index (χ3v) is 3.98. The Bertz CT molecular complexity index is 1040. The smallest absolute Gasteiger partial charge is 0.406 e. The van der Waals surface area contributed by atoms with Crippen LogP contribution in [0.25, 0.3) is 11.0 Å². The number of para-hydroxylation sites is 1. The van der Waals surface area contributed by atoms with Gasteiger partial charge in [-0.3, -0.25) is 0 Å². The van der Waals surface area contributed by atoms with Gasteiger partial charge in [0.15, 0.2) is 12.3 Å². The number of carbonyl (C=O) groups is 2. The monoisotopic (exact) mass is 398 g/mol. The largest absolute Gasteiger partial charge is 0.618 e. The van der Waals surface area contributed by atoms with Crippen LogP contribution in [0.1, 0.15) is 16.2 Å². The molecule has 1 aromatic heterocycles. The van der Waals surface area contributed by atoms with Gasteiger partial charge in [-0.1, -0.05) is 18.2 Å². The second-order valence-electron chi connectivity index (χ2n) is 5.81. The summed E-state index contributed by atoms with van der Waals surface area (Å²) < 4.78 is 20.6. The molecule has 0 aliphatic carbocycles. The number of ether oxygens (including phenoxy) is 4. The lowest BCUT2D eigenvalue weighted by molar-refractivity contribution is -0.581. The maximum Gasteiger partial charge on any atom is 0.406 e. The first-order valence-corrected chi connectivity index (χ1v) is 8.55. The van der Waals surface area contributed by atoms with E-state index in [0.29, 0.717) is 21.7 Å². The number of hydrogen-bond donors (Lipinski definition) is 0. The van der Waals surface area contributed by atoms with Crippen molar-refractivity contribution in [2.24, 2.45) is 0 Å². The molecule has 0 atom stereocenters. The lowest BCUT2D eigenvalue weighted by Crippen LogP contribution is -2.38. The van der Waals surface area contributed by atoms with Crippen molar-refractivity contribution in [3.8, 4) is 11.5 Å². The summed E-state index contributed by atoms with van der Waals surface area (Å²) in [7, 11) is 2.60. The standard InChI is InChI=1S/C20H18N2O7/c1-26-14-8-9-15-17(10-14)22(25)19(20(24)27-2)16(21-15)11-29-18(23)12-28-13-6-4-3-5-7-13/h3-10H,11-12H2,1-2H3. The number of carbonyl (C=O) groups excluding carboxylic acids is 2. The van der Waals surface area contributed by atoms with Crippen molar-refractivity contribution in [3.63, 3.8) is 0 Å². The van der Waals surface area contributed by atoms with Crippen molar-refractivity contribution in [1.29, 1.82) is 0 Å². The molecule has 9 heteroatoms. The number of hydrogen-bond acceptors (Lipinski definition) is 8. The minimum Gasteiger partial charge on any atom is -0.618 e. The molecule has 0 bridgehead atoms. The van der Waals surface area contributed by atoms with E-state index in [9.17, 15) is 14.8 Å². The van der Waals surface area contributed by atoms with Gasteiger partial charge in [-0.25, -0.2) is 14.6 Å². The number of nitrogens with zero attached hydrogens (tertiary/aromatic N) is 2. The number of esters is 2. The SMILES string of the molecule is COC(=O)c1c(COC(=O)COc2ccccc2)nc2ccc(OC)cc2[n+]1[O-]. The highest BCUT2D eigenvalue weighted by Gasteiger charge is 2.28. The van der Waals surface area contributed by atoms with E-state index in [1.807, 2.05) is 6.07 Å². The van der Waals surface area contributed by atoms with E-state index >= 15 is 0 Å². The maximum absolute atomic E-state index is 12.7. The van der Waals surface area contributed by atoms with Gasteiger partial charge in [-0.05, 0) is 24.3 Å². The first-order chi connectivity index (χ1) is 14.0. The van der Waals surface area contributed by atoms with Gasteiger partial charge in [0.05, 0.1) is 20.3 Å². The number of aromatic nitrogens is 2. The van der Waals surface area contributed by atoms with Crippen LogP contribution in [-0.4, -0.2) is 37.7 Å². The normalized spacial score (nSPS) is 10.4. The van der Waals surface area contributed by atoms with E-state index in [0.717, 1.165) is 7.11 Å². The first-order valence-electron chi connectivity index (χ1n) is 8.55. The number of methoxy groups -OCH3 is 2. The highest BCUT2D eigenvalue weighted by Crippen LogP contribution is 2.19. The highest BCUT2D eigenvalue weighted by atomic mass is 16.6. The van der Waals surface area contributed by atoms with Crippen LogP contribution in [0, 0.1) is 5.21 Å². The third kappa shape index (κ3) is 4.52. The molecule has 3 rings (SSSR count). The van der Waals surface area contributed by atoms with E-state index in [1.165, 1.54) is 13.2 Å². The zero-order chi connectivity index (χ0) is 20.8. The molecule has 9 nitrogen and oxygen atoms in total. The Morgan fingerprint density at radius 2 is 1.83 bits per heavy atom. The van der Waals surface area contributed by atoms with Gasteiger partial charge in [-0.2, -0.15) is 4.73 Å². The zero-order valence-corrected chi connectivity index (χ0v) is 15.8. The molecule has 0 saturated heterocycles. The van der Waals surface area contributed by atoms with Crippen molar-refractivity contribution in [2.45, 2.75) is 6.61 Å². The predicted octanol–water partition coefficient (Wildman–Crippen LogP) is 1.79. The van der Waals surface area contributed by atoms with Crippen LogP contribution in [0.5, 0.6) is 11.5 Å². The van der Waals surface area contributed by atoms with Gasteiger partial charge >= 0.3 is 17.6 Å². The molecule has 0 fully saturated rings. The molecule has 3 aromatic rings. The van der Waals surface area contributed by atoms with Gasteiger partial charge in [0, 0.05) is 0 Å². The maximum atomic E-state index is 12.7. The van der Waals surface area contributed by atoms with Gasteiger partial charge in [0.1, 0.15) is 23.6 Å². The van der Waals surface area contributed by atoms with Crippen LogP contribution in [0.3, 0.4) is 0 Å². The molecule has 0 spiro atoms. The van der Waals surface area contributed by atoms with Gasteiger partial charge in [0.2, 0.25) is 5.52 Å². The second-order valence-corrected chi connectivity index (χ2v) is 5.81. The van der Waals surface area contributed by atoms with Gasteiger partial charge in [-0.15, -0.1) is 0 Å². The van der Waals surface area contributed by atoms with E-state index < -0.39 is 18.5 Å². The van der Waals surface area contributed by atoms with E-state index in [4.69, 9.17) is 14.2 Å². The fourth-order valence-electron chi connectivity index (χ4n) is 2.57. The lowest BCUT2D eigenvalue weighted by atomic mass is 10.2. The Balaban J connectivity index is 1.81. The second kappa shape index (κ2) is 8.87. The molecule has 0 unspecified atom stereocenters. The summed E-state index contributed by atoms with van der Waals surface area (Å²) in [6.07, 6.45) is 0. The molecule has 0 amide bonds. The summed E-state index contributed by atoms with van der Waals surface area (Å²) in [4.78, 5) is 28.4. The number of fused-ring (bicyclic) bond motifs is 1. The molecule has 0 radical (unpaired) electrons. The summed E-state index contributed by atoms with van der Waals surface area (Å²) in [6, 6.07) is 13.4. The molecular weight excluding hydrogens is 380 g/mol. The molecule has 0 N–H and O–H groups in total. The third-order valence-electron chi connectivity index (χ3n) is 3.98. The topological polar surface area (TPSA) is 111 Å². The average Bonchev–Trinajstić information content (AvgIpc) is 2.76. The van der Waals surface area contributed by atoms with Crippen molar-refractivity contribution >= 4 is 23.0 Å². The summed E-state index contributed by atoms with van der Waals surface area (Å²) >= 11 is 0. The molecular formula is C20H18N2O7. The fourth-order valence-corrected chi connectivity index (χ4v) is 2.57. The Labute approximate surface area is 166 Å². The Kier molecular flexibility index (Phi) is 6.08. The Morgan fingerprint density at radius 1 is 1.07 bits per heavy atom. The Hall–Kier alpha value is -3.88. The van der Waals surface area contributed by atoms with Gasteiger partial charge < -0.3 is 24.2 Å². The molecule has 2 aromatic carbocycles. The van der Waals surface area contributed by atoms with Gasteiger partial charge in [0.25, 0.3) is 0 Å². The van der Waals surface area contributed by atoms with Crippen LogP contribution in [0.4, 0.5) is 0 Å². The van der Waals surface area contributed by atoms with Crippen molar-refractivity contribution in [3.05, 3.63) is 65.1 Å². The van der Waals surface area contributed by atoms with Crippen LogP contribution in [0.15, 0.2) is 48.5 Å². The quantitative estimate of drug-likeness (QED) is 0.336. The highest BCUT2D eigenvalue weighted by molar-refractivity contribution is 5.88. The lowest BCUT2D eigenvalue weighted by Gasteiger charge is -2.12. The minimum atomic E-state index is -0.899. The molecule has 150 valence electrons. The number of rotatable bonds is 7. The average molecular weight is 398 g/mol. The minimum absolute atomic E-state index is 0.0300. The Morgan fingerprint density at radius 3 is 2.52 bits per heavy atom. The summed E-state index contributed by atoms with van der Waals surface area (Å²) in [5.74, 6) is -0.644. The van der Waals surface area contributed by atoms with Crippen molar-refractivity contribution in [1.82, 2.24) is 4.98 Å². The van der Waals surface area contributed by atoms with Crippen molar-refractivity contribution in [2.75, 3.05) is 20.8 Å². The van der Waals surface area contributed by atoms with E-state index in [-0.39, 0.29) is 23.5 Å². The molecule has 0 aliphatic rings. The predicted molar refractivity (Wildman–Crippen MR) is 100 cm³/mol. The van der Waals surface area contributed by atoms with Crippen molar-refractivity contribution < 1.29 is 33.3 Å². The summed E-state index contributed by atoms with van der Waals surface area (Å²) in [5.41, 5.74) is 0.0230. The zero-order valence-electron chi connectivity index (χ0n) is 15.8. The van der Waals surface area contributed by atoms with E-state index in [2.05, 4.69) is 9.72 Å². The molecule has 0 aliphatic heterocycles. The molecule has 29 heavy (non-hydrogen) atoms. The summed E-state index contributed by atoms with van der Waals surface area (Å²) in [6.45, 7) is -0.731. The molecule has 0 saturated carbocycles. The van der Waals surface area contributed by atoms with Crippen LogP contribution in [0.2, 0.25) is 0 Å². The fraction of sp³-hybridized carbons (Fsp3) is 0.200.